The monoisotopic (exact) mass is 182 g/mol. The Labute approximate surface area is 70.6 Å². The first kappa shape index (κ1) is 12.9. The van der Waals surface area contributed by atoms with Gasteiger partial charge >= 0.3 is 11.9 Å². The van der Waals surface area contributed by atoms with E-state index in [1.54, 1.807) is 0 Å². The first-order valence-electron chi connectivity index (χ1n) is 3.06. The maximum absolute atomic E-state index is 9.90. The second-order valence-electron chi connectivity index (χ2n) is 1.99. The number of hydrogen-bond acceptors (Lipinski definition) is 2. The summed E-state index contributed by atoms with van der Waals surface area (Å²) in [4.78, 5) is 19.8. The number of carboxylic acid groups (broad SMARTS) is 2. The molecule has 0 radical (unpaired) electrons. The zero-order valence-electron chi connectivity index (χ0n) is 5.95. The summed E-state index contributed by atoms with van der Waals surface area (Å²) >= 11 is 0. The van der Waals surface area contributed by atoms with Crippen molar-refractivity contribution in [3.63, 3.8) is 0 Å². The Morgan fingerprint density at radius 3 is 1.36 bits per heavy atom. The van der Waals surface area contributed by atoms with Crippen LogP contribution in [0.15, 0.2) is 0 Å². The Bertz CT molecular complexity index is 119. The Kier molecular flexibility index (Phi) is 8.58. The summed E-state index contributed by atoms with van der Waals surface area (Å²) in [5.74, 6) is -1.74. The van der Waals surface area contributed by atoms with Crippen molar-refractivity contribution in [2.24, 2.45) is 0 Å². The third kappa shape index (κ3) is 12.4. The predicted octanol–water partition coefficient (Wildman–Crippen LogP) is 1.14. The molecule has 0 amide bonds. The maximum atomic E-state index is 9.90. The van der Waals surface area contributed by atoms with E-state index >= 15 is 0 Å². The van der Waals surface area contributed by atoms with Gasteiger partial charge in [-0.15, -0.1) is 12.4 Å². The summed E-state index contributed by atoms with van der Waals surface area (Å²) < 4.78 is 0. The third-order valence-corrected chi connectivity index (χ3v) is 1.03. The molecule has 0 rings (SSSR count). The van der Waals surface area contributed by atoms with Crippen molar-refractivity contribution in [3.05, 3.63) is 0 Å². The topological polar surface area (TPSA) is 74.6 Å². The van der Waals surface area contributed by atoms with Crippen LogP contribution in [0.3, 0.4) is 0 Å². The third-order valence-electron chi connectivity index (χ3n) is 1.03. The van der Waals surface area contributed by atoms with Crippen molar-refractivity contribution < 1.29 is 19.8 Å². The fourth-order valence-electron chi connectivity index (χ4n) is 0.552. The molecule has 0 saturated carbocycles. The molecule has 0 aliphatic rings. The van der Waals surface area contributed by atoms with Crippen molar-refractivity contribution in [2.45, 2.75) is 25.7 Å². The SMILES string of the molecule is Cl.O=C(O)CCCCC(=O)O. The number of hydrogen-bond donors (Lipinski definition) is 2. The van der Waals surface area contributed by atoms with Crippen LogP contribution < -0.4 is 0 Å². The summed E-state index contributed by atoms with van der Waals surface area (Å²) in [7, 11) is 0. The average molecular weight is 183 g/mol. The Morgan fingerprint density at radius 2 is 1.18 bits per heavy atom. The van der Waals surface area contributed by atoms with E-state index in [2.05, 4.69) is 0 Å². The number of carboxylic acids is 2. The Morgan fingerprint density at radius 1 is 0.909 bits per heavy atom. The molecule has 5 heteroatoms. The number of halogens is 1. The van der Waals surface area contributed by atoms with Gasteiger partial charge in [-0.05, 0) is 12.8 Å². The lowest BCUT2D eigenvalue weighted by molar-refractivity contribution is -0.139. The molecule has 2 N–H and O–H groups in total. The highest BCUT2D eigenvalue weighted by atomic mass is 35.5. The summed E-state index contributed by atoms with van der Waals surface area (Å²) in [6, 6.07) is 0. The lowest BCUT2D eigenvalue weighted by Crippen LogP contribution is -1.97. The highest BCUT2D eigenvalue weighted by Gasteiger charge is 1.99. The van der Waals surface area contributed by atoms with Crippen LogP contribution in [0.1, 0.15) is 25.7 Å². The summed E-state index contributed by atoms with van der Waals surface area (Å²) in [6.45, 7) is 0. The van der Waals surface area contributed by atoms with Gasteiger partial charge in [0.2, 0.25) is 0 Å². The molecule has 0 fully saturated rings. The van der Waals surface area contributed by atoms with E-state index in [4.69, 9.17) is 10.2 Å². The zero-order valence-corrected chi connectivity index (χ0v) is 6.76. The molecule has 0 saturated heterocycles. The van der Waals surface area contributed by atoms with E-state index in [-0.39, 0.29) is 25.2 Å². The van der Waals surface area contributed by atoms with Crippen LogP contribution in [0.2, 0.25) is 0 Å². The molecule has 0 spiro atoms. The summed E-state index contributed by atoms with van der Waals surface area (Å²) in [5, 5.41) is 16.3. The number of rotatable bonds is 5. The van der Waals surface area contributed by atoms with E-state index < -0.39 is 11.9 Å². The fourth-order valence-corrected chi connectivity index (χ4v) is 0.552. The molecule has 11 heavy (non-hydrogen) atoms. The molecule has 0 bridgehead atoms. The van der Waals surface area contributed by atoms with Gasteiger partial charge in [0.1, 0.15) is 0 Å². The van der Waals surface area contributed by atoms with E-state index in [1.807, 2.05) is 0 Å². The maximum Gasteiger partial charge on any atom is 0.303 e. The predicted molar refractivity (Wildman–Crippen MR) is 41.0 cm³/mol. The fraction of sp³-hybridized carbons (Fsp3) is 0.667. The number of aliphatic carboxylic acids is 2. The highest BCUT2D eigenvalue weighted by Crippen LogP contribution is 1.98. The van der Waals surface area contributed by atoms with Gasteiger partial charge in [-0.25, -0.2) is 0 Å². The van der Waals surface area contributed by atoms with Gasteiger partial charge in [-0.2, -0.15) is 0 Å². The van der Waals surface area contributed by atoms with Crippen molar-refractivity contribution >= 4 is 24.3 Å². The quantitative estimate of drug-likeness (QED) is 0.626. The standard InChI is InChI=1S/C6H10O4.ClH/c7-5(8)3-1-2-4-6(9)10;/h1-4H2,(H,7,8)(H,9,10);1H. The molecule has 0 aromatic carbocycles. The molecular weight excluding hydrogens is 172 g/mol. The number of unbranched alkanes of at least 4 members (excludes halogenated alkanes) is 1. The molecule has 0 unspecified atom stereocenters. The first-order valence-corrected chi connectivity index (χ1v) is 3.06. The second-order valence-corrected chi connectivity index (χ2v) is 1.99. The zero-order chi connectivity index (χ0) is 7.98. The Hall–Kier alpha value is -0.770. The van der Waals surface area contributed by atoms with E-state index in [1.165, 1.54) is 0 Å². The minimum atomic E-state index is -0.870. The largest absolute Gasteiger partial charge is 0.481 e. The molecule has 0 aromatic heterocycles. The van der Waals surface area contributed by atoms with Crippen LogP contribution in [-0.2, 0) is 9.59 Å². The number of carbonyl (C=O) groups is 2. The van der Waals surface area contributed by atoms with Gasteiger partial charge in [0.25, 0.3) is 0 Å². The second kappa shape index (κ2) is 7.34. The highest BCUT2D eigenvalue weighted by molar-refractivity contribution is 5.85. The normalized spacial score (nSPS) is 8.36. The van der Waals surface area contributed by atoms with Gasteiger partial charge in [0.05, 0.1) is 0 Å². The Balaban J connectivity index is 0. The van der Waals surface area contributed by atoms with Crippen LogP contribution in [0.25, 0.3) is 0 Å². The minimum absolute atomic E-state index is 0. The van der Waals surface area contributed by atoms with Gasteiger partial charge in [0.15, 0.2) is 0 Å². The smallest absolute Gasteiger partial charge is 0.303 e. The molecule has 66 valence electrons. The summed E-state index contributed by atoms with van der Waals surface area (Å²) in [6.07, 6.45) is 1.02. The average Bonchev–Trinajstić information content (AvgIpc) is 1.79. The molecule has 0 heterocycles. The van der Waals surface area contributed by atoms with E-state index in [0.29, 0.717) is 12.8 Å². The minimum Gasteiger partial charge on any atom is -0.481 e. The summed E-state index contributed by atoms with van der Waals surface area (Å²) in [5.41, 5.74) is 0. The van der Waals surface area contributed by atoms with Crippen LogP contribution in [0.5, 0.6) is 0 Å². The lowest BCUT2D eigenvalue weighted by Gasteiger charge is -1.92. The van der Waals surface area contributed by atoms with Crippen molar-refractivity contribution in [1.29, 1.82) is 0 Å². The van der Waals surface area contributed by atoms with E-state index in [0.717, 1.165) is 0 Å². The van der Waals surface area contributed by atoms with Gasteiger partial charge in [-0.1, -0.05) is 0 Å². The van der Waals surface area contributed by atoms with Crippen molar-refractivity contribution in [1.82, 2.24) is 0 Å². The molecule has 0 aliphatic heterocycles. The lowest BCUT2D eigenvalue weighted by atomic mass is 10.2. The van der Waals surface area contributed by atoms with Gasteiger partial charge in [-0.3, -0.25) is 9.59 Å². The molecular formula is C6H11ClO4. The van der Waals surface area contributed by atoms with E-state index in [9.17, 15) is 9.59 Å². The molecule has 0 aromatic rings. The van der Waals surface area contributed by atoms with Crippen molar-refractivity contribution in [2.75, 3.05) is 0 Å². The van der Waals surface area contributed by atoms with Crippen molar-refractivity contribution in [3.8, 4) is 0 Å². The van der Waals surface area contributed by atoms with Crippen LogP contribution >= 0.6 is 12.4 Å². The van der Waals surface area contributed by atoms with Crippen LogP contribution in [0, 0.1) is 0 Å². The first-order chi connectivity index (χ1) is 4.63. The molecule has 4 nitrogen and oxygen atoms in total. The molecule has 0 aliphatic carbocycles. The van der Waals surface area contributed by atoms with Crippen LogP contribution in [0.4, 0.5) is 0 Å². The molecule has 0 atom stereocenters. The van der Waals surface area contributed by atoms with Crippen LogP contribution in [-0.4, -0.2) is 22.2 Å². The van der Waals surface area contributed by atoms with Gasteiger partial charge < -0.3 is 10.2 Å². The van der Waals surface area contributed by atoms with Gasteiger partial charge in [0, 0.05) is 12.8 Å².